The van der Waals surface area contributed by atoms with Crippen molar-refractivity contribution >= 4 is 32.9 Å². The summed E-state index contributed by atoms with van der Waals surface area (Å²) in [5, 5.41) is 0. The van der Waals surface area contributed by atoms with Crippen molar-refractivity contribution in [3.63, 3.8) is 0 Å². The quantitative estimate of drug-likeness (QED) is 0.698. The van der Waals surface area contributed by atoms with Gasteiger partial charge in [0, 0.05) is 4.47 Å². The van der Waals surface area contributed by atoms with Gasteiger partial charge in [0.15, 0.2) is 12.2 Å². The van der Waals surface area contributed by atoms with Crippen LogP contribution in [0.3, 0.4) is 0 Å². The van der Waals surface area contributed by atoms with Crippen LogP contribution in [0.5, 0.6) is 11.5 Å². The summed E-state index contributed by atoms with van der Waals surface area (Å²) in [7, 11) is 1.56. The van der Waals surface area contributed by atoms with Gasteiger partial charge in [0.2, 0.25) is 0 Å². The van der Waals surface area contributed by atoms with Crippen LogP contribution >= 0.6 is 15.9 Å². The summed E-state index contributed by atoms with van der Waals surface area (Å²) in [4.78, 5) is 24.1. The van der Waals surface area contributed by atoms with Crippen molar-refractivity contribution in [2.45, 2.75) is 0 Å². The van der Waals surface area contributed by atoms with E-state index in [0.29, 0.717) is 22.6 Å². The molecule has 1 heterocycles. The van der Waals surface area contributed by atoms with E-state index in [9.17, 15) is 9.59 Å². The van der Waals surface area contributed by atoms with Crippen molar-refractivity contribution < 1.29 is 18.7 Å². The number of carbonyl (C=O) groups is 1. The van der Waals surface area contributed by atoms with E-state index in [1.165, 1.54) is 0 Å². The number of hydrogen-bond donors (Lipinski definition) is 0. The lowest BCUT2D eigenvalue weighted by Crippen LogP contribution is -2.27. The normalized spacial score (nSPS) is 10.7. The second-order valence-corrected chi connectivity index (χ2v) is 5.59. The van der Waals surface area contributed by atoms with Crippen LogP contribution in [0.1, 0.15) is 4.79 Å². The number of ether oxygens (including phenoxy) is 2. The molecule has 0 unspecified atom stereocenters. The molecule has 3 rings (SSSR count). The fourth-order valence-electron chi connectivity index (χ4n) is 2.11. The highest BCUT2D eigenvalue weighted by atomic mass is 79.9. The molecule has 3 aromatic rings. The first-order chi connectivity index (χ1) is 11.1. The number of aromatic nitrogens is 1. The molecule has 0 N–H and O–H groups in total. The fourth-order valence-corrected chi connectivity index (χ4v) is 2.45. The van der Waals surface area contributed by atoms with Gasteiger partial charge in [-0.05, 0) is 42.5 Å². The Hall–Kier alpha value is -2.54. The Kier molecular flexibility index (Phi) is 4.20. The Morgan fingerprint density at radius 2 is 1.87 bits per heavy atom. The van der Waals surface area contributed by atoms with Crippen LogP contribution in [0.15, 0.2) is 56.1 Å². The van der Waals surface area contributed by atoms with Gasteiger partial charge in [0.1, 0.15) is 11.5 Å². The average molecular weight is 378 g/mol. The molecule has 0 saturated heterocycles. The van der Waals surface area contributed by atoms with Gasteiger partial charge in [-0.15, -0.1) is 0 Å². The maximum absolute atomic E-state index is 12.3. The van der Waals surface area contributed by atoms with Crippen molar-refractivity contribution in [2.75, 3.05) is 13.7 Å². The standard InChI is InChI=1S/C16H12BrNO5/c1-21-11-3-5-12(6-4-11)22-9-15(19)18-13-7-2-10(17)8-14(13)23-16(18)20/h2-8H,9H2,1H3. The molecule has 6 nitrogen and oxygen atoms in total. The van der Waals surface area contributed by atoms with Crippen molar-refractivity contribution in [3.8, 4) is 11.5 Å². The van der Waals surface area contributed by atoms with Crippen LogP contribution in [0.4, 0.5) is 0 Å². The Labute approximate surface area is 139 Å². The zero-order chi connectivity index (χ0) is 16.4. The summed E-state index contributed by atoms with van der Waals surface area (Å²) < 4.78 is 17.2. The number of fused-ring (bicyclic) bond motifs is 1. The number of methoxy groups -OCH3 is 1. The molecule has 0 aliphatic rings. The van der Waals surface area contributed by atoms with E-state index in [0.717, 1.165) is 9.04 Å². The summed E-state index contributed by atoms with van der Waals surface area (Å²) in [6.07, 6.45) is 0. The molecule has 0 atom stereocenters. The van der Waals surface area contributed by atoms with Crippen LogP contribution in [0.2, 0.25) is 0 Å². The third kappa shape index (κ3) is 3.14. The number of hydrogen-bond acceptors (Lipinski definition) is 5. The third-order valence-corrected chi connectivity index (χ3v) is 3.71. The Bertz CT molecular complexity index is 910. The summed E-state index contributed by atoms with van der Waals surface area (Å²) in [6, 6.07) is 11.8. The van der Waals surface area contributed by atoms with Crippen molar-refractivity contribution in [3.05, 3.63) is 57.5 Å². The Balaban J connectivity index is 1.80. The molecule has 0 aliphatic heterocycles. The van der Waals surface area contributed by atoms with E-state index in [4.69, 9.17) is 13.9 Å². The summed E-state index contributed by atoms with van der Waals surface area (Å²) >= 11 is 3.29. The van der Waals surface area contributed by atoms with E-state index in [1.807, 2.05) is 0 Å². The maximum atomic E-state index is 12.3. The van der Waals surface area contributed by atoms with Crippen LogP contribution in [0, 0.1) is 0 Å². The second-order valence-electron chi connectivity index (χ2n) is 4.67. The zero-order valence-electron chi connectivity index (χ0n) is 12.1. The van der Waals surface area contributed by atoms with Gasteiger partial charge in [-0.2, -0.15) is 0 Å². The molecule has 0 fully saturated rings. The molecular weight excluding hydrogens is 366 g/mol. The molecule has 0 amide bonds. The van der Waals surface area contributed by atoms with Crippen molar-refractivity contribution in [1.29, 1.82) is 0 Å². The Morgan fingerprint density at radius 3 is 2.57 bits per heavy atom. The van der Waals surface area contributed by atoms with Gasteiger partial charge in [-0.3, -0.25) is 4.79 Å². The molecule has 0 bridgehead atoms. The minimum Gasteiger partial charge on any atom is -0.497 e. The van der Waals surface area contributed by atoms with Crippen LogP contribution in [0.25, 0.3) is 11.1 Å². The van der Waals surface area contributed by atoms with Gasteiger partial charge in [0.05, 0.1) is 12.6 Å². The highest BCUT2D eigenvalue weighted by molar-refractivity contribution is 9.10. The molecule has 1 aromatic heterocycles. The zero-order valence-corrected chi connectivity index (χ0v) is 13.7. The second kappa shape index (κ2) is 6.29. The lowest BCUT2D eigenvalue weighted by Gasteiger charge is -2.06. The molecule has 0 saturated carbocycles. The number of halogens is 1. The van der Waals surface area contributed by atoms with E-state index >= 15 is 0 Å². The number of oxazole rings is 1. The first-order valence-electron chi connectivity index (χ1n) is 6.69. The fraction of sp³-hybridized carbons (Fsp3) is 0.125. The summed E-state index contributed by atoms with van der Waals surface area (Å²) in [5.74, 6) is -0.0534. The highest BCUT2D eigenvalue weighted by Gasteiger charge is 2.16. The molecule has 0 spiro atoms. The minimum atomic E-state index is -0.735. The Morgan fingerprint density at radius 1 is 1.17 bits per heavy atom. The summed E-state index contributed by atoms with van der Waals surface area (Å²) in [6.45, 7) is -0.281. The highest BCUT2D eigenvalue weighted by Crippen LogP contribution is 2.19. The summed E-state index contributed by atoms with van der Waals surface area (Å²) in [5.41, 5.74) is 0.740. The van der Waals surface area contributed by atoms with E-state index in [-0.39, 0.29) is 6.61 Å². The van der Waals surface area contributed by atoms with E-state index in [2.05, 4.69) is 15.9 Å². The molecule has 7 heteroatoms. The maximum Gasteiger partial charge on any atom is 0.426 e. The average Bonchev–Trinajstić information content (AvgIpc) is 2.88. The SMILES string of the molecule is COc1ccc(OCC(=O)n2c(=O)oc3cc(Br)ccc32)cc1. The van der Waals surface area contributed by atoms with Gasteiger partial charge in [-0.1, -0.05) is 15.9 Å². The predicted molar refractivity (Wildman–Crippen MR) is 87.3 cm³/mol. The molecule has 118 valence electrons. The first-order valence-corrected chi connectivity index (χ1v) is 7.49. The van der Waals surface area contributed by atoms with E-state index in [1.54, 1.807) is 49.6 Å². The predicted octanol–water partition coefficient (Wildman–Crippen LogP) is 3.08. The first kappa shape index (κ1) is 15.4. The van der Waals surface area contributed by atoms with Crippen molar-refractivity contribution in [2.24, 2.45) is 0 Å². The van der Waals surface area contributed by atoms with Gasteiger partial charge < -0.3 is 13.9 Å². The topological polar surface area (TPSA) is 70.7 Å². The van der Waals surface area contributed by atoms with Gasteiger partial charge >= 0.3 is 5.76 Å². The minimum absolute atomic E-state index is 0.281. The lowest BCUT2D eigenvalue weighted by molar-refractivity contribution is 0.0834. The monoisotopic (exact) mass is 377 g/mol. The molecule has 2 aromatic carbocycles. The molecule has 0 aliphatic carbocycles. The van der Waals surface area contributed by atoms with Crippen molar-refractivity contribution in [1.82, 2.24) is 4.57 Å². The number of nitrogens with zero attached hydrogens (tertiary/aromatic N) is 1. The van der Waals surface area contributed by atoms with Crippen LogP contribution in [-0.2, 0) is 0 Å². The number of carbonyl (C=O) groups excluding carboxylic acids is 1. The molecule has 23 heavy (non-hydrogen) atoms. The largest absolute Gasteiger partial charge is 0.497 e. The van der Waals surface area contributed by atoms with Gasteiger partial charge in [-0.25, -0.2) is 9.36 Å². The van der Waals surface area contributed by atoms with Gasteiger partial charge in [0.25, 0.3) is 5.91 Å². The van der Waals surface area contributed by atoms with E-state index < -0.39 is 11.7 Å². The van der Waals surface area contributed by atoms with Crippen LogP contribution in [-0.4, -0.2) is 24.2 Å². The molecular formula is C16H12BrNO5. The smallest absolute Gasteiger partial charge is 0.426 e. The third-order valence-electron chi connectivity index (χ3n) is 3.21. The molecule has 0 radical (unpaired) electrons. The van der Waals surface area contributed by atoms with Crippen LogP contribution < -0.4 is 15.2 Å². The number of rotatable bonds is 4. The lowest BCUT2D eigenvalue weighted by atomic mass is 10.3. The number of benzene rings is 2.